The summed E-state index contributed by atoms with van der Waals surface area (Å²) in [5.74, 6) is -0.171. The van der Waals surface area contributed by atoms with Crippen molar-refractivity contribution in [3.63, 3.8) is 0 Å². The maximum atomic E-state index is 12.9. The second-order valence-electron chi connectivity index (χ2n) is 10.9. The van der Waals surface area contributed by atoms with Crippen LogP contribution in [0.15, 0.2) is 30.3 Å². The van der Waals surface area contributed by atoms with E-state index in [4.69, 9.17) is 4.74 Å². The molecule has 0 aliphatic carbocycles. The van der Waals surface area contributed by atoms with Crippen LogP contribution in [-0.2, 0) is 4.74 Å². The van der Waals surface area contributed by atoms with Gasteiger partial charge in [-0.15, -0.1) is 0 Å². The van der Waals surface area contributed by atoms with E-state index in [1.165, 1.54) is 87.0 Å². The predicted molar refractivity (Wildman–Crippen MR) is 126 cm³/mol. The minimum atomic E-state index is -0.171. The summed E-state index contributed by atoms with van der Waals surface area (Å²) in [5, 5.41) is 0. The minimum absolute atomic E-state index is 0.0574. The number of rotatable bonds is 6. The predicted octanol–water partition coefficient (Wildman–Crippen LogP) is 2.06. The van der Waals surface area contributed by atoms with E-state index in [0.717, 1.165) is 39.3 Å². The van der Waals surface area contributed by atoms with Gasteiger partial charge in [0, 0.05) is 65.0 Å². The molecule has 0 unspecified atom stereocenters. The zero-order valence-corrected chi connectivity index (χ0v) is 19.8. The first-order valence-electron chi connectivity index (χ1n) is 13.0. The van der Waals surface area contributed by atoms with Crippen LogP contribution in [0, 0.1) is 0 Å². The Bertz CT molecular complexity index is 700. The first kappa shape index (κ1) is 22.3. The monoisotopic (exact) mass is 442 g/mol. The van der Waals surface area contributed by atoms with Gasteiger partial charge in [0.1, 0.15) is 6.10 Å². The maximum absolute atomic E-state index is 12.9. The lowest BCUT2D eigenvalue weighted by Crippen LogP contribution is -2.61. The topological polar surface area (TPSA) is 32.8 Å². The number of carbonyl (C=O) groups is 1. The minimum Gasteiger partial charge on any atom is -0.456 e. The van der Waals surface area contributed by atoms with E-state index in [-0.39, 0.29) is 12.1 Å². The summed E-state index contributed by atoms with van der Waals surface area (Å²) in [6, 6.07) is 9.51. The van der Waals surface area contributed by atoms with E-state index in [0.29, 0.717) is 5.56 Å². The summed E-state index contributed by atoms with van der Waals surface area (Å²) in [7, 11) is 0. The normalized spacial score (nSPS) is 25.7. The van der Waals surface area contributed by atoms with Crippen molar-refractivity contribution < 1.29 is 18.5 Å². The molecule has 0 aromatic heterocycles. The highest BCUT2D eigenvalue weighted by atomic mass is 16.5. The molecule has 6 nitrogen and oxygen atoms in total. The van der Waals surface area contributed by atoms with Crippen molar-refractivity contribution in [1.29, 1.82) is 0 Å². The van der Waals surface area contributed by atoms with Crippen LogP contribution in [0.25, 0.3) is 0 Å². The number of nitrogens with zero attached hydrogens (tertiary/aromatic N) is 4. The van der Waals surface area contributed by atoms with Gasteiger partial charge in [-0.2, -0.15) is 0 Å². The number of esters is 1. The van der Waals surface area contributed by atoms with Crippen molar-refractivity contribution in [1.82, 2.24) is 9.80 Å². The highest BCUT2D eigenvalue weighted by Gasteiger charge is 2.38. The second kappa shape index (κ2) is 9.80. The zero-order valence-electron chi connectivity index (χ0n) is 19.8. The Morgan fingerprint density at radius 3 is 1.59 bits per heavy atom. The molecule has 2 spiro atoms. The van der Waals surface area contributed by atoms with Crippen molar-refractivity contribution in [3.8, 4) is 0 Å². The van der Waals surface area contributed by atoms with Gasteiger partial charge in [-0.1, -0.05) is 18.2 Å². The summed E-state index contributed by atoms with van der Waals surface area (Å²) in [6.07, 6.45) is 5.52. The number of hydrogen-bond donors (Lipinski definition) is 0. The molecule has 6 heteroatoms. The Hall–Kier alpha value is -1.47. The van der Waals surface area contributed by atoms with Gasteiger partial charge in [0.15, 0.2) is 0 Å². The summed E-state index contributed by atoms with van der Waals surface area (Å²) in [5.41, 5.74) is 0.665. The molecule has 4 saturated heterocycles. The summed E-state index contributed by atoms with van der Waals surface area (Å²) < 4.78 is 8.80. The molecule has 0 amide bonds. The van der Waals surface area contributed by atoms with Crippen molar-refractivity contribution in [2.75, 3.05) is 91.6 Å². The lowest BCUT2D eigenvalue weighted by molar-refractivity contribution is -0.920. The molecule has 0 saturated carbocycles. The van der Waals surface area contributed by atoms with Crippen LogP contribution in [0.2, 0.25) is 0 Å². The van der Waals surface area contributed by atoms with Gasteiger partial charge in [-0.05, 0) is 12.1 Å². The van der Waals surface area contributed by atoms with Gasteiger partial charge in [0.05, 0.1) is 57.9 Å². The number of benzene rings is 1. The third-order valence-electron chi connectivity index (χ3n) is 8.80. The van der Waals surface area contributed by atoms with E-state index in [2.05, 4.69) is 9.80 Å². The lowest BCUT2D eigenvalue weighted by atomic mass is 10.2. The van der Waals surface area contributed by atoms with Crippen LogP contribution < -0.4 is 0 Å². The number of quaternary nitrogens is 2. The van der Waals surface area contributed by atoms with Crippen LogP contribution in [0.5, 0.6) is 0 Å². The Kier molecular flexibility index (Phi) is 6.84. The van der Waals surface area contributed by atoms with Crippen LogP contribution in [0.4, 0.5) is 0 Å². The summed E-state index contributed by atoms with van der Waals surface area (Å²) in [6.45, 7) is 16.8. The fourth-order valence-electron chi connectivity index (χ4n) is 6.64. The first-order chi connectivity index (χ1) is 15.6. The van der Waals surface area contributed by atoms with E-state index < -0.39 is 0 Å². The number of hydrogen-bond acceptors (Lipinski definition) is 4. The van der Waals surface area contributed by atoms with Crippen molar-refractivity contribution in [2.45, 2.75) is 31.8 Å². The van der Waals surface area contributed by atoms with Crippen LogP contribution in [-0.4, -0.2) is 122 Å². The molecular weight excluding hydrogens is 400 g/mol. The molecule has 0 radical (unpaired) electrons. The molecule has 0 atom stereocenters. The fraction of sp³-hybridized carbons (Fsp3) is 0.731. The second-order valence-corrected chi connectivity index (χ2v) is 10.9. The highest BCUT2D eigenvalue weighted by molar-refractivity contribution is 5.89. The average Bonchev–Trinajstić information content (AvgIpc) is 3.48. The standard InChI is InChI=1S/C26H42N4O2/c31-26(24-8-2-1-3-9-24)32-25(22-27-10-18-29(19-11-27)14-4-5-15-29)23-28-12-20-30(21-13-28)16-6-7-17-30/h1-3,8-9,25H,4-7,10-23H2/q+2. The fourth-order valence-corrected chi connectivity index (χ4v) is 6.64. The largest absolute Gasteiger partial charge is 0.456 e. The van der Waals surface area contributed by atoms with Crippen molar-refractivity contribution in [2.24, 2.45) is 0 Å². The molecule has 4 aliphatic heterocycles. The maximum Gasteiger partial charge on any atom is 0.338 e. The van der Waals surface area contributed by atoms with E-state index >= 15 is 0 Å². The van der Waals surface area contributed by atoms with E-state index in [1.54, 1.807) is 0 Å². The molecule has 4 fully saturated rings. The molecule has 176 valence electrons. The molecule has 5 rings (SSSR count). The van der Waals surface area contributed by atoms with Gasteiger partial charge in [-0.3, -0.25) is 9.80 Å². The van der Waals surface area contributed by atoms with Gasteiger partial charge >= 0.3 is 5.97 Å². The van der Waals surface area contributed by atoms with Crippen molar-refractivity contribution >= 4 is 5.97 Å². The SMILES string of the molecule is O=C(OC(CN1CC[N+]2(CCCC2)CC1)CN1CC[N+]2(CCCC2)CC1)c1ccccc1. The Balaban J connectivity index is 1.19. The third-order valence-corrected chi connectivity index (χ3v) is 8.80. The van der Waals surface area contributed by atoms with Crippen molar-refractivity contribution in [3.05, 3.63) is 35.9 Å². The molecule has 0 bridgehead atoms. The first-order valence-corrected chi connectivity index (χ1v) is 13.0. The molecule has 4 heterocycles. The van der Waals surface area contributed by atoms with Gasteiger partial charge in [0.25, 0.3) is 0 Å². The van der Waals surface area contributed by atoms with Crippen LogP contribution in [0.1, 0.15) is 36.0 Å². The molecule has 0 N–H and O–H groups in total. The number of piperazine rings is 2. The molecule has 1 aromatic rings. The third kappa shape index (κ3) is 5.19. The van der Waals surface area contributed by atoms with Gasteiger partial charge in [0.2, 0.25) is 0 Å². The Morgan fingerprint density at radius 1 is 0.719 bits per heavy atom. The molecule has 32 heavy (non-hydrogen) atoms. The molecule has 1 aromatic carbocycles. The smallest absolute Gasteiger partial charge is 0.338 e. The van der Waals surface area contributed by atoms with Gasteiger partial charge in [-0.25, -0.2) is 4.79 Å². The number of carbonyl (C=O) groups excluding carboxylic acids is 1. The highest BCUT2D eigenvalue weighted by Crippen LogP contribution is 2.24. The van der Waals surface area contributed by atoms with E-state index in [1.807, 2.05) is 30.3 Å². The zero-order chi connectivity index (χ0) is 21.9. The van der Waals surface area contributed by atoms with Gasteiger partial charge < -0.3 is 13.7 Å². The van der Waals surface area contributed by atoms with Crippen LogP contribution >= 0.6 is 0 Å². The molecule has 4 aliphatic rings. The summed E-state index contributed by atoms with van der Waals surface area (Å²) in [4.78, 5) is 18.0. The Morgan fingerprint density at radius 2 is 1.16 bits per heavy atom. The summed E-state index contributed by atoms with van der Waals surface area (Å²) >= 11 is 0. The average molecular weight is 443 g/mol. The lowest BCUT2D eigenvalue weighted by Gasteiger charge is -2.44. The van der Waals surface area contributed by atoms with E-state index in [9.17, 15) is 4.79 Å². The number of ether oxygens (including phenoxy) is 1. The Labute approximate surface area is 193 Å². The van der Waals surface area contributed by atoms with Crippen LogP contribution in [0.3, 0.4) is 0 Å². The quantitative estimate of drug-likeness (QED) is 0.499. The molecular formula is C26H42N4O2+2.